The van der Waals surface area contributed by atoms with Crippen molar-refractivity contribution in [2.24, 2.45) is 5.92 Å². The van der Waals surface area contributed by atoms with Crippen molar-refractivity contribution in [3.63, 3.8) is 0 Å². The zero-order chi connectivity index (χ0) is 9.10. The van der Waals surface area contributed by atoms with Gasteiger partial charge in [0.05, 0.1) is 13.2 Å². The Kier molecular flexibility index (Phi) is 3.19. The lowest BCUT2D eigenvalue weighted by molar-refractivity contribution is 0.0742. The summed E-state index contributed by atoms with van der Waals surface area (Å²) in [7, 11) is 0. The van der Waals surface area contributed by atoms with E-state index in [1.165, 1.54) is 12.8 Å². The third-order valence-electron chi connectivity index (χ3n) is 3.01. The summed E-state index contributed by atoms with van der Waals surface area (Å²) in [5.41, 5.74) is 0. The smallest absolute Gasteiger partial charge is 0.0620 e. The zero-order valence-corrected chi connectivity index (χ0v) is 8.38. The van der Waals surface area contributed by atoms with E-state index in [0.29, 0.717) is 6.04 Å². The van der Waals surface area contributed by atoms with Crippen LogP contribution in [0.25, 0.3) is 0 Å². The van der Waals surface area contributed by atoms with Gasteiger partial charge in [-0.3, -0.25) is 0 Å². The minimum atomic E-state index is 0.579. The standard InChI is InChI=1S/C10H20N2O/c1-8-6-10(8)12-3-2-9-7-13-5-4-11-9/h8-12H,2-7H2,1H3. The molecule has 0 spiro atoms. The molecule has 3 nitrogen and oxygen atoms in total. The van der Waals surface area contributed by atoms with Gasteiger partial charge in [0.1, 0.15) is 0 Å². The molecule has 1 aliphatic carbocycles. The second-order valence-electron chi connectivity index (χ2n) is 4.29. The highest BCUT2D eigenvalue weighted by atomic mass is 16.5. The Bertz CT molecular complexity index is 157. The van der Waals surface area contributed by atoms with Gasteiger partial charge in [0, 0.05) is 18.6 Å². The van der Waals surface area contributed by atoms with Gasteiger partial charge in [0.25, 0.3) is 0 Å². The Morgan fingerprint density at radius 2 is 2.38 bits per heavy atom. The highest BCUT2D eigenvalue weighted by Gasteiger charge is 2.31. The molecule has 0 aromatic carbocycles. The number of morpholine rings is 1. The molecule has 0 aromatic rings. The average Bonchev–Trinajstić information content (AvgIpc) is 2.84. The van der Waals surface area contributed by atoms with E-state index in [2.05, 4.69) is 17.6 Å². The summed E-state index contributed by atoms with van der Waals surface area (Å²) < 4.78 is 5.39. The van der Waals surface area contributed by atoms with E-state index in [4.69, 9.17) is 4.74 Å². The lowest BCUT2D eigenvalue weighted by Gasteiger charge is -2.23. The van der Waals surface area contributed by atoms with E-state index in [1.807, 2.05) is 0 Å². The fourth-order valence-corrected chi connectivity index (χ4v) is 1.85. The number of ether oxygens (including phenoxy) is 1. The summed E-state index contributed by atoms with van der Waals surface area (Å²) in [5.74, 6) is 0.913. The van der Waals surface area contributed by atoms with Crippen LogP contribution in [0, 0.1) is 5.92 Å². The summed E-state index contributed by atoms with van der Waals surface area (Å²) >= 11 is 0. The highest BCUT2D eigenvalue weighted by molar-refractivity contribution is 4.89. The van der Waals surface area contributed by atoms with E-state index < -0.39 is 0 Å². The van der Waals surface area contributed by atoms with Crippen molar-refractivity contribution in [2.45, 2.75) is 31.8 Å². The first-order chi connectivity index (χ1) is 6.36. The van der Waals surface area contributed by atoms with Crippen molar-refractivity contribution in [3.05, 3.63) is 0 Å². The Morgan fingerprint density at radius 1 is 1.54 bits per heavy atom. The lowest BCUT2D eigenvalue weighted by atomic mass is 10.2. The molecule has 0 aromatic heterocycles. The van der Waals surface area contributed by atoms with Crippen molar-refractivity contribution in [2.75, 3.05) is 26.3 Å². The molecule has 3 unspecified atom stereocenters. The van der Waals surface area contributed by atoms with Gasteiger partial charge in [-0.2, -0.15) is 0 Å². The van der Waals surface area contributed by atoms with E-state index >= 15 is 0 Å². The van der Waals surface area contributed by atoms with E-state index in [-0.39, 0.29) is 0 Å². The quantitative estimate of drug-likeness (QED) is 0.662. The summed E-state index contributed by atoms with van der Waals surface area (Å²) in [6, 6.07) is 1.39. The first-order valence-corrected chi connectivity index (χ1v) is 5.41. The van der Waals surface area contributed by atoms with Gasteiger partial charge in [-0.25, -0.2) is 0 Å². The molecule has 0 radical (unpaired) electrons. The first kappa shape index (κ1) is 9.44. The van der Waals surface area contributed by atoms with Crippen LogP contribution in [0.5, 0.6) is 0 Å². The highest BCUT2D eigenvalue weighted by Crippen LogP contribution is 2.28. The maximum atomic E-state index is 5.39. The minimum Gasteiger partial charge on any atom is -0.379 e. The lowest BCUT2D eigenvalue weighted by Crippen LogP contribution is -2.42. The Labute approximate surface area is 80.2 Å². The molecular formula is C10H20N2O. The molecule has 76 valence electrons. The molecule has 3 heteroatoms. The van der Waals surface area contributed by atoms with E-state index in [9.17, 15) is 0 Å². The van der Waals surface area contributed by atoms with Crippen molar-refractivity contribution < 1.29 is 4.74 Å². The predicted octanol–water partition coefficient (Wildman–Crippen LogP) is 0.363. The summed E-state index contributed by atoms with van der Waals surface area (Å²) in [4.78, 5) is 0. The summed E-state index contributed by atoms with van der Waals surface area (Å²) in [6.45, 7) is 6.23. The number of nitrogens with one attached hydrogen (secondary N) is 2. The van der Waals surface area contributed by atoms with Crippen LogP contribution < -0.4 is 10.6 Å². The molecule has 0 amide bonds. The Balaban J connectivity index is 1.51. The second kappa shape index (κ2) is 4.40. The van der Waals surface area contributed by atoms with Gasteiger partial charge >= 0.3 is 0 Å². The molecule has 2 N–H and O–H groups in total. The van der Waals surface area contributed by atoms with Crippen molar-refractivity contribution in [3.8, 4) is 0 Å². The van der Waals surface area contributed by atoms with Crippen LogP contribution in [-0.2, 0) is 4.74 Å². The van der Waals surface area contributed by atoms with Crippen LogP contribution in [-0.4, -0.2) is 38.4 Å². The second-order valence-corrected chi connectivity index (χ2v) is 4.29. The van der Waals surface area contributed by atoms with Crippen molar-refractivity contribution in [1.29, 1.82) is 0 Å². The van der Waals surface area contributed by atoms with Gasteiger partial charge in [0.15, 0.2) is 0 Å². The molecule has 1 heterocycles. The number of hydrogen-bond acceptors (Lipinski definition) is 3. The minimum absolute atomic E-state index is 0.579. The van der Waals surface area contributed by atoms with Crippen LogP contribution in [0.4, 0.5) is 0 Å². The van der Waals surface area contributed by atoms with E-state index in [0.717, 1.165) is 38.3 Å². The predicted molar refractivity (Wildman–Crippen MR) is 52.8 cm³/mol. The largest absolute Gasteiger partial charge is 0.379 e. The Morgan fingerprint density at radius 3 is 3.00 bits per heavy atom. The molecule has 13 heavy (non-hydrogen) atoms. The molecule has 1 aliphatic heterocycles. The zero-order valence-electron chi connectivity index (χ0n) is 8.38. The maximum absolute atomic E-state index is 5.39. The van der Waals surface area contributed by atoms with Gasteiger partial charge in [0.2, 0.25) is 0 Å². The maximum Gasteiger partial charge on any atom is 0.0620 e. The van der Waals surface area contributed by atoms with Crippen LogP contribution in [0.2, 0.25) is 0 Å². The molecular weight excluding hydrogens is 164 g/mol. The van der Waals surface area contributed by atoms with E-state index in [1.54, 1.807) is 0 Å². The fourth-order valence-electron chi connectivity index (χ4n) is 1.85. The summed E-state index contributed by atoms with van der Waals surface area (Å²) in [6.07, 6.45) is 2.57. The normalized spacial score (nSPS) is 39.0. The molecule has 2 aliphatic rings. The van der Waals surface area contributed by atoms with Crippen LogP contribution in [0.15, 0.2) is 0 Å². The average molecular weight is 184 g/mol. The van der Waals surface area contributed by atoms with Crippen molar-refractivity contribution >= 4 is 0 Å². The third kappa shape index (κ3) is 2.93. The summed E-state index contributed by atoms with van der Waals surface area (Å²) in [5, 5.41) is 7.02. The molecule has 1 saturated carbocycles. The number of rotatable bonds is 4. The molecule has 2 fully saturated rings. The van der Waals surface area contributed by atoms with Gasteiger partial charge < -0.3 is 15.4 Å². The molecule has 0 bridgehead atoms. The van der Waals surface area contributed by atoms with Gasteiger partial charge in [-0.15, -0.1) is 0 Å². The van der Waals surface area contributed by atoms with Crippen molar-refractivity contribution in [1.82, 2.24) is 10.6 Å². The van der Waals surface area contributed by atoms with Crippen LogP contribution >= 0.6 is 0 Å². The number of hydrogen-bond donors (Lipinski definition) is 2. The SMILES string of the molecule is CC1CC1NCCC1COCCN1. The van der Waals surface area contributed by atoms with Crippen LogP contribution in [0.1, 0.15) is 19.8 Å². The molecule has 3 atom stereocenters. The monoisotopic (exact) mass is 184 g/mol. The molecule has 2 rings (SSSR count). The van der Waals surface area contributed by atoms with Crippen LogP contribution in [0.3, 0.4) is 0 Å². The van der Waals surface area contributed by atoms with Gasteiger partial charge in [-0.05, 0) is 25.3 Å². The third-order valence-corrected chi connectivity index (χ3v) is 3.01. The first-order valence-electron chi connectivity index (χ1n) is 5.41. The van der Waals surface area contributed by atoms with Gasteiger partial charge in [-0.1, -0.05) is 6.92 Å². The Hall–Kier alpha value is -0.120. The molecule has 1 saturated heterocycles. The topological polar surface area (TPSA) is 33.3 Å². The fraction of sp³-hybridized carbons (Fsp3) is 1.00.